The van der Waals surface area contributed by atoms with E-state index in [4.69, 9.17) is 23.2 Å². The van der Waals surface area contributed by atoms with Gasteiger partial charge in [0.15, 0.2) is 0 Å². The van der Waals surface area contributed by atoms with Crippen LogP contribution < -0.4 is 15.5 Å². The van der Waals surface area contributed by atoms with Crippen LogP contribution in [-0.4, -0.2) is 24.4 Å². The topological polar surface area (TPSA) is 61.4 Å². The van der Waals surface area contributed by atoms with Crippen molar-refractivity contribution in [3.63, 3.8) is 0 Å². The van der Waals surface area contributed by atoms with Gasteiger partial charge in [0.05, 0.1) is 15.7 Å². The van der Waals surface area contributed by atoms with Crippen LogP contribution in [0.2, 0.25) is 10.0 Å². The molecule has 0 radical (unpaired) electrons. The van der Waals surface area contributed by atoms with Gasteiger partial charge in [0.1, 0.15) is 6.04 Å². The summed E-state index contributed by atoms with van der Waals surface area (Å²) in [5, 5.41) is 6.66. The molecule has 2 N–H and O–H groups in total. The van der Waals surface area contributed by atoms with Crippen molar-refractivity contribution in [3.05, 3.63) is 52.0 Å². The Hall–Kier alpha value is -2.24. The van der Waals surface area contributed by atoms with Crippen molar-refractivity contribution < 1.29 is 9.59 Å². The second-order valence-corrected chi connectivity index (χ2v) is 7.01. The molecule has 0 aliphatic carbocycles. The van der Waals surface area contributed by atoms with Gasteiger partial charge in [-0.15, -0.1) is 0 Å². The highest BCUT2D eigenvalue weighted by atomic mass is 35.5. The summed E-state index contributed by atoms with van der Waals surface area (Å²) in [6.45, 7) is 4.02. The molecule has 0 spiro atoms. The Morgan fingerprint density at radius 2 is 1.96 bits per heavy atom. The fourth-order valence-electron chi connectivity index (χ4n) is 2.98. The molecule has 0 bridgehead atoms. The maximum Gasteiger partial charge on any atom is 0.246 e. The molecule has 2 aromatic carbocycles. The standard InChI is InChI=1S/C19H19Cl2N3O2/c1-11(19(26)23-16-5-3-4-15(20)18(16)21)22-14-6-7-17-13(10-14)8-9-24(17)12(2)25/h3-7,10-11,22H,8-9H2,1-2H3,(H,23,26)/t11-/m1/s1. The summed E-state index contributed by atoms with van der Waals surface area (Å²) in [7, 11) is 0. The number of amides is 2. The van der Waals surface area contributed by atoms with Crippen molar-refractivity contribution in [1.82, 2.24) is 0 Å². The molecule has 2 amide bonds. The molecule has 0 unspecified atom stereocenters. The van der Waals surface area contributed by atoms with Crippen molar-refractivity contribution in [2.45, 2.75) is 26.3 Å². The quantitative estimate of drug-likeness (QED) is 0.814. The van der Waals surface area contributed by atoms with E-state index < -0.39 is 6.04 Å². The molecule has 1 aliphatic rings. The maximum atomic E-state index is 12.4. The van der Waals surface area contributed by atoms with Gasteiger partial charge in [0.2, 0.25) is 11.8 Å². The number of nitrogens with one attached hydrogen (secondary N) is 2. The minimum atomic E-state index is -0.478. The van der Waals surface area contributed by atoms with Crippen LogP contribution in [0.15, 0.2) is 36.4 Å². The average molecular weight is 392 g/mol. The molecular weight excluding hydrogens is 373 g/mol. The van der Waals surface area contributed by atoms with E-state index >= 15 is 0 Å². The number of rotatable bonds is 4. The van der Waals surface area contributed by atoms with Gasteiger partial charge in [-0.25, -0.2) is 0 Å². The predicted molar refractivity (Wildman–Crippen MR) is 106 cm³/mol. The van der Waals surface area contributed by atoms with E-state index in [2.05, 4.69) is 10.6 Å². The van der Waals surface area contributed by atoms with Crippen LogP contribution in [0.3, 0.4) is 0 Å². The van der Waals surface area contributed by atoms with Crippen molar-refractivity contribution in [2.24, 2.45) is 0 Å². The highest BCUT2D eigenvalue weighted by Gasteiger charge is 2.23. The largest absolute Gasteiger partial charge is 0.374 e. The van der Waals surface area contributed by atoms with Crippen LogP contribution in [-0.2, 0) is 16.0 Å². The molecule has 0 saturated heterocycles. The summed E-state index contributed by atoms with van der Waals surface area (Å²) in [5.74, 6) is -0.185. The Morgan fingerprint density at radius 3 is 2.69 bits per heavy atom. The molecule has 5 nitrogen and oxygen atoms in total. The number of halogens is 2. The van der Waals surface area contributed by atoms with E-state index in [1.54, 1.807) is 36.9 Å². The number of hydrogen-bond donors (Lipinski definition) is 2. The van der Waals surface area contributed by atoms with Crippen LogP contribution in [0.1, 0.15) is 19.4 Å². The van der Waals surface area contributed by atoms with Gasteiger partial charge < -0.3 is 15.5 Å². The number of anilines is 3. The zero-order chi connectivity index (χ0) is 18.8. The fraction of sp³-hybridized carbons (Fsp3) is 0.263. The number of fused-ring (bicyclic) bond motifs is 1. The lowest BCUT2D eigenvalue weighted by atomic mass is 10.1. The third kappa shape index (κ3) is 3.79. The van der Waals surface area contributed by atoms with Gasteiger partial charge >= 0.3 is 0 Å². The summed E-state index contributed by atoms with van der Waals surface area (Å²) >= 11 is 12.1. The predicted octanol–water partition coefficient (Wildman–Crippen LogP) is 4.34. The first-order chi connectivity index (χ1) is 12.4. The molecule has 1 aliphatic heterocycles. The number of hydrogen-bond acceptors (Lipinski definition) is 3. The van der Waals surface area contributed by atoms with Gasteiger partial charge in [0.25, 0.3) is 0 Å². The van der Waals surface area contributed by atoms with E-state index in [9.17, 15) is 9.59 Å². The molecule has 136 valence electrons. The van der Waals surface area contributed by atoms with Crippen LogP contribution in [0, 0.1) is 0 Å². The lowest BCUT2D eigenvalue weighted by Crippen LogP contribution is -2.32. The zero-order valence-electron chi connectivity index (χ0n) is 14.5. The summed E-state index contributed by atoms with van der Waals surface area (Å²) in [6.07, 6.45) is 0.809. The summed E-state index contributed by atoms with van der Waals surface area (Å²) in [5.41, 5.74) is 3.33. The van der Waals surface area contributed by atoms with Gasteiger partial charge in [-0.3, -0.25) is 9.59 Å². The Balaban J connectivity index is 1.68. The third-order valence-corrected chi connectivity index (χ3v) is 5.16. The highest BCUT2D eigenvalue weighted by Crippen LogP contribution is 2.31. The van der Waals surface area contributed by atoms with Gasteiger partial charge in [-0.2, -0.15) is 0 Å². The van der Waals surface area contributed by atoms with Crippen molar-refractivity contribution >= 4 is 52.1 Å². The molecular formula is C19H19Cl2N3O2. The van der Waals surface area contributed by atoms with Gasteiger partial charge in [-0.05, 0) is 49.2 Å². The number of carbonyl (C=O) groups is 2. The monoisotopic (exact) mass is 391 g/mol. The Morgan fingerprint density at radius 1 is 1.19 bits per heavy atom. The molecule has 1 atom stereocenters. The molecule has 2 aromatic rings. The number of nitrogens with zero attached hydrogens (tertiary/aromatic N) is 1. The first kappa shape index (κ1) is 18.5. The molecule has 26 heavy (non-hydrogen) atoms. The zero-order valence-corrected chi connectivity index (χ0v) is 16.0. The van der Waals surface area contributed by atoms with Crippen LogP contribution >= 0.6 is 23.2 Å². The molecule has 7 heteroatoms. The Kier molecular flexibility index (Phi) is 5.39. The highest BCUT2D eigenvalue weighted by molar-refractivity contribution is 6.44. The molecule has 0 fully saturated rings. The average Bonchev–Trinajstić information content (AvgIpc) is 3.02. The maximum absolute atomic E-state index is 12.4. The second kappa shape index (κ2) is 7.56. The number of benzene rings is 2. The summed E-state index contributed by atoms with van der Waals surface area (Å²) < 4.78 is 0. The summed E-state index contributed by atoms with van der Waals surface area (Å²) in [6, 6.07) is 10.4. The van der Waals surface area contributed by atoms with Crippen molar-refractivity contribution in [3.8, 4) is 0 Å². The van der Waals surface area contributed by atoms with Gasteiger partial charge in [0, 0.05) is 24.8 Å². The van der Waals surface area contributed by atoms with Crippen LogP contribution in [0.5, 0.6) is 0 Å². The Bertz CT molecular complexity index is 870. The van der Waals surface area contributed by atoms with Crippen molar-refractivity contribution in [1.29, 1.82) is 0 Å². The summed E-state index contributed by atoms with van der Waals surface area (Å²) in [4.78, 5) is 25.8. The molecule has 3 rings (SSSR count). The minimum Gasteiger partial charge on any atom is -0.374 e. The normalized spacial score (nSPS) is 13.9. The molecule has 0 aromatic heterocycles. The minimum absolute atomic E-state index is 0.0376. The van der Waals surface area contributed by atoms with Crippen molar-refractivity contribution in [2.75, 3.05) is 22.1 Å². The van der Waals surface area contributed by atoms with E-state index in [1.165, 1.54) is 0 Å². The fourth-order valence-corrected chi connectivity index (χ4v) is 3.32. The second-order valence-electron chi connectivity index (χ2n) is 6.22. The lowest BCUT2D eigenvalue weighted by Gasteiger charge is -2.18. The van der Waals surface area contributed by atoms with E-state index in [1.807, 2.05) is 18.2 Å². The lowest BCUT2D eigenvalue weighted by molar-refractivity contribution is -0.117. The smallest absolute Gasteiger partial charge is 0.246 e. The SMILES string of the molecule is CC(=O)N1CCc2cc(N[C@H](C)C(=O)Nc3cccc(Cl)c3Cl)ccc21. The first-order valence-electron chi connectivity index (χ1n) is 8.29. The molecule has 0 saturated carbocycles. The Labute approximate surface area is 162 Å². The van der Waals surface area contributed by atoms with E-state index in [0.717, 1.165) is 23.4 Å². The van der Waals surface area contributed by atoms with E-state index in [0.29, 0.717) is 22.3 Å². The molecule has 1 heterocycles. The van der Waals surface area contributed by atoms with E-state index in [-0.39, 0.29) is 11.8 Å². The van der Waals surface area contributed by atoms with Crippen LogP contribution in [0.4, 0.5) is 17.1 Å². The third-order valence-electron chi connectivity index (χ3n) is 4.34. The van der Waals surface area contributed by atoms with Gasteiger partial charge in [-0.1, -0.05) is 29.3 Å². The van der Waals surface area contributed by atoms with Crippen LogP contribution in [0.25, 0.3) is 0 Å². The number of carbonyl (C=O) groups excluding carboxylic acids is 2. The first-order valence-corrected chi connectivity index (χ1v) is 9.05.